The lowest BCUT2D eigenvalue weighted by Crippen LogP contribution is -2.11. The predicted molar refractivity (Wildman–Crippen MR) is 274 cm³/mol. The molecule has 2 heterocycles. The van der Waals surface area contributed by atoms with Crippen LogP contribution in [0.4, 0.5) is 0 Å². The zero-order valence-corrected chi connectivity index (χ0v) is 39.1. The van der Waals surface area contributed by atoms with Crippen LogP contribution in [-0.2, 0) is 5.41 Å². The van der Waals surface area contributed by atoms with Gasteiger partial charge in [-0.3, -0.25) is 9.55 Å². The maximum Gasteiger partial charge on any atom is 0.149 e. The molecule has 0 aliphatic carbocycles. The molecule has 324 valence electrons. The molecule has 1 N–H and O–H groups in total. The molecule has 0 unspecified atom stereocenters. The second-order valence-electron chi connectivity index (χ2n) is 19.3. The molecule has 4 nitrogen and oxygen atoms in total. The number of fused-ring (bicyclic) bond motifs is 1. The van der Waals surface area contributed by atoms with E-state index in [-0.39, 0.29) is 23.0 Å². The van der Waals surface area contributed by atoms with Gasteiger partial charge >= 0.3 is 0 Å². The Kier molecular flexibility index (Phi) is 11.3. The van der Waals surface area contributed by atoms with Crippen LogP contribution in [0.2, 0.25) is 0 Å². The number of benzene rings is 7. The lowest BCUT2D eigenvalue weighted by Gasteiger charge is -2.22. The molecule has 9 aromatic rings. The van der Waals surface area contributed by atoms with Gasteiger partial charge < -0.3 is 5.11 Å². The maximum absolute atomic E-state index is 12.3. The quantitative estimate of drug-likeness (QED) is 0.149. The highest BCUT2D eigenvalue weighted by molar-refractivity contribution is 5.98. The van der Waals surface area contributed by atoms with Crippen LogP contribution in [0.15, 0.2) is 170 Å². The van der Waals surface area contributed by atoms with E-state index in [0.29, 0.717) is 11.4 Å². The predicted octanol–water partition coefficient (Wildman–Crippen LogP) is 16.8. The Labute approximate surface area is 386 Å². The molecule has 0 radical (unpaired) electrons. The zero-order valence-electron chi connectivity index (χ0n) is 40.1. The molecule has 65 heavy (non-hydrogen) atoms. The molecule has 0 bridgehead atoms. The van der Waals surface area contributed by atoms with Crippen molar-refractivity contribution in [2.75, 3.05) is 0 Å². The van der Waals surface area contributed by atoms with Crippen LogP contribution in [0.3, 0.4) is 0 Å². The van der Waals surface area contributed by atoms with Gasteiger partial charge in [-0.2, -0.15) is 0 Å². The summed E-state index contributed by atoms with van der Waals surface area (Å²) in [5.74, 6) is 0.411. The average molecular weight is 851 g/mol. The van der Waals surface area contributed by atoms with Crippen LogP contribution in [0, 0.1) is 0 Å². The molecular formula is C61H59N3O. The molecule has 7 aromatic carbocycles. The van der Waals surface area contributed by atoms with Crippen molar-refractivity contribution in [3.05, 3.63) is 192 Å². The Hall–Kier alpha value is -7.04. The van der Waals surface area contributed by atoms with Crippen molar-refractivity contribution in [3.8, 4) is 78.6 Å². The Morgan fingerprint density at radius 3 is 1.80 bits per heavy atom. The van der Waals surface area contributed by atoms with E-state index >= 15 is 0 Å². The van der Waals surface area contributed by atoms with Gasteiger partial charge in [0.15, 0.2) is 0 Å². The first-order chi connectivity index (χ1) is 31.5. The molecule has 0 fully saturated rings. The number of hydrogen-bond acceptors (Lipinski definition) is 3. The highest BCUT2D eigenvalue weighted by Crippen LogP contribution is 2.45. The number of rotatable bonds is 10. The minimum Gasteiger partial charge on any atom is -0.507 e. The molecule has 0 spiro atoms. The number of hydrogen-bond donors (Lipinski definition) is 1. The van der Waals surface area contributed by atoms with Crippen molar-refractivity contribution < 1.29 is 6.48 Å². The molecule has 0 aliphatic rings. The van der Waals surface area contributed by atoms with E-state index in [4.69, 9.17) is 11.3 Å². The van der Waals surface area contributed by atoms with E-state index in [1.54, 1.807) is 0 Å². The summed E-state index contributed by atoms with van der Waals surface area (Å²) in [5, 5.41) is 12.3. The summed E-state index contributed by atoms with van der Waals surface area (Å²) in [4.78, 5) is 10.6. The van der Waals surface area contributed by atoms with Gasteiger partial charge in [0.05, 0.1) is 28.0 Å². The first kappa shape index (κ1) is 41.9. The van der Waals surface area contributed by atoms with Crippen LogP contribution in [0.5, 0.6) is 5.75 Å². The average Bonchev–Trinajstić information content (AvgIpc) is 3.70. The first-order valence-corrected chi connectivity index (χ1v) is 22.9. The van der Waals surface area contributed by atoms with E-state index in [2.05, 4.69) is 205 Å². The highest BCUT2D eigenvalue weighted by Gasteiger charge is 2.26. The molecule has 0 saturated carbocycles. The Bertz CT molecular complexity index is 3200. The van der Waals surface area contributed by atoms with Gasteiger partial charge in [-0.05, 0) is 127 Å². The second kappa shape index (κ2) is 17.5. The van der Waals surface area contributed by atoms with Gasteiger partial charge in [-0.15, -0.1) is 0 Å². The molecule has 9 rings (SSSR count). The summed E-state index contributed by atoms with van der Waals surface area (Å²) in [6, 6.07) is 57.8. The van der Waals surface area contributed by atoms with Gasteiger partial charge in [0.25, 0.3) is 0 Å². The molecule has 0 saturated heterocycles. The number of phenols is 1. The van der Waals surface area contributed by atoms with Crippen LogP contribution >= 0.6 is 0 Å². The smallest absolute Gasteiger partial charge is 0.149 e. The van der Waals surface area contributed by atoms with E-state index < -0.39 is 5.89 Å². The molecule has 2 aromatic heterocycles. The molecule has 4 heteroatoms. The topological polar surface area (TPSA) is 50.9 Å². The van der Waals surface area contributed by atoms with Crippen molar-refractivity contribution in [2.45, 2.75) is 85.5 Å². The van der Waals surface area contributed by atoms with Crippen LogP contribution < -0.4 is 0 Å². The summed E-state index contributed by atoms with van der Waals surface area (Å²) in [6.07, 6.45) is 1.91. The first-order valence-electron chi connectivity index (χ1n) is 23.4. The number of aromatic nitrogens is 3. The van der Waals surface area contributed by atoms with Gasteiger partial charge in [0.2, 0.25) is 0 Å². The van der Waals surface area contributed by atoms with Crippen molar-refractivity contribution in [2.24, 2.45) is 0 Å². The highest BCUT2D eigenvalue weighted by atomic mass is 16.3. The van der Waals surface area contributed by atoms with Crippen molar-refractivity contribution in [1.29, 1.82) is 0 Å². The number of para-hydroxylation sites is 1. The second-order valence-corrected chi connectivity index (χ2v) is 19.3. The maximum atomic E-state index is 12.3. The summed E-state index contributed by atoms with van der Waals surface area (Å²) < 4.78 is 11.3. The lowest BCUT2D eigenvalue weighted by atomic mass is 9.83. The number of pyridine rings is 1. The fourth-order valence-corrected chi connectivity index (χ4v) is 8.89. The van der Waals surface area contributed by atoms with E-state index in [0.717, 1.165) is 78.0 Å². The van der Waals surface area contributed by atoms with Crippen LogP contribution in [0.25, 0.3) is 83.9 Å². The number of imidazole rings is 1. The van der Waals surface area contributed by atoms with Crippen molar-refractivity contribution in [1.82, 2.24) is 14.5 Å². The van der Waals surface area contributed by atoms with E-state index in [1.807, 2.05) is 32.2 Å². The zero-order chi connectivity index (χ0) is 46.5. The third-order valence-corrected chi connectivity index (χ3v) is 12.8. The summed E-state index contributed by atoms with van der Waals surface area (Å²) in [7, 11) is 0. The molecule has 0 aliphatic heterocycles. The third-order valence-electron chi connectivity index (χ3n) is 12.8. The Morgan fingerprint density at radius 2 is 1.15 bits per heavy atom. The fourth-order valence-electron chi connectivity index (χ4n) is 8.89. The van der Waals surface area contributed by atoms with Gasteiger partial charge in [0.1, 0.15) is 11.6 Å². The minimum absolute atomic E-state index is 0.0913. The van der Waals surface area contributed by atoms with Gasteiger partial charge in [0, 0.05) is 24.3 Å². The molecular weight excluding hydrogens is 791 g/mol. The molecule has 0 atom stereocenters. The number of nitrogens with zero attached hydrogens (tertiary/aromatic N) is 3. The summed E-state index contributed by atoms with van der Waals surface area (Å²) in [6.45, 7) is 19.3. The van der Waals surface area contributed by atoms with Crippen LogP contribution in [0.1, 0.15) is 104 Å². The monoisotopic (exact) mass is 850 g/mol. The standard InChI is InChI=1S/C61H59N3O/c1-38(2)45-27-28-56(53(34-45)44-19-14-11-15-20-44)64-57-22-16-21-51(58(57)63-60(64)54-36-47(39(3)4)35-52(40(5)6)59(54)65)48-31-49(33-50(32-48)61(7,8)9)55-37-46(29-30-62-55)43-25-23-42(24-26-43)41-17-12-10-13-18-41/h10-40,65H,1-9H3/i38D. The Morgan fingerprint density at radius 1 is 0.523 bits per heavy atom. The van der Waals surface area contributed by atoms with Gasteiger partial charge in [-0.25, -0.2) is 4.98 Å². The van der Waals surface area contributed by atoms with Crippen molar-refractivity contribution >= 4 is 11.0 Å². The van der Waals surface area contributed by atoms with Crippen LogP contribution in [-0.4, -0.2) is 19.6 Å². The Balaban J connectivity index is 1.28. The summed E-state index contributed by atoms with van der Waals surface area (Å²) in [5.41, 5.74) is 17.9. The summed E-state index contributed by atoms with van der Waals surface area (Å²) >= 11 is 0. The van der Waals surface area contributed by atoms with Crippen molar-refractivity contribution in [3.63, 3.8) is 0 Å². The number of aromatic hydroxyl groups is 1. The third kappa shape index (κ3) is 8.54. The van der Waals surface area contributed by atoms with E-state index in [9.17, 15) is 5.11 Å². The normalized spacial score (nSPS) is 12.3. The minimum atomic E-state index is -0.817. The number of phenolic OH excluding ortho intramolecular Hbond substituents is 1. The van der Waals surface area contributed by atoms with E-state index in [1.165, 1.54) is 16.7 Å². The lowest BCUT2D eigenvalue weighted by molar-refractivity contribution is 0.466. The SMILES string of the molecule is [2H]C(C)(C)c1ccc(-n2c(-c3cc(C(C)C)cc(C(C)C)c3O)nc3c(-c4cc(-c5cc(-c6ccc(-c7ccccc7)cc6)ccn5)cc(C(C)(C)C)c4)cccc32)c(-c2ccccc2)c1. The van der Waals surface area contributed by atoms with Gasteiger partial charge in [-0.1, -0.05) is 178 Å². The largest absolute Gasteiger partial charge is 0.507 e. The molecule has 0 amide bonds. The fraction of sp³-hybridized carbons (Fsp3) is 0.213.